The molecule has 0 saturated heterocycles. The topological polar surface area (TPSA) is 74.5 Å². The molecule has 0 unspecified atom stereocenters. The third-order valence-electron chi connectivity index (χ3n) is 2.08. The zero-order valence-corrected chi connectivity index (χ0v) is 10.2. The smallest absolute Gasteiger partial charge is 0.354 e. The van der Waals surface area contributed by atoms with Gasteiger partial charge < -0.3 is 4.74 Å². The number of esters is 1. The fourth-order valence-corrected chi connectivity index (χ4v) is 1.24. The van der Waals surface area contributed by atoms with Crippen molar-refractivity contribution in [2.75, 3.05) is 12.0 Å². The van der Waals surface area contributed by atoms with Gasteiger partial charge in [0.2, 0.25) is 0 Å². The van der Waals surface area contributed by atoms with Gasteiger partial charge in [-0.05, 0) is 19.1 Å². The lowest BCUT2D eigenvalue weighted by Crippen LogP contribution is -2.19. The Morgan fingerprint density at radius 3 is 2.78 bits per heavy atom. The van der Waals surface area contributed by atoms with E-state index in [-0.39, 0.29) is 25.2 Å². The number of benzene rings is 1. The summed E-state index contributed by atoms with van der Waals surface area (Å²) in [5.74, 6) is -0.490. The maximum atomic E-state index is 11.6. The average Bonchev–Trinajstić information content (AvgIpc) is 2.40. The quantitative estimate of drug-likeness (QED) is 0.474. The minimum Gasteiger partial charge on any atom is -0.461 e. The maximum absolute atomic E-state index is 11.6. The minimum absolute atomic E-state index is 0.224. The Morgan fingerprint density at radius 1 is 1.44 bits per heavy atom. The summed E-state index contributed by atoms with van der Waals surface area (Å²) >= 11 is 0. The van der Waals surface area contributed by atoms with Gasteiger partial charge >= 0.3 is 5.97 Å². The normalized spacial score (nSPS) is 10.6. The summed E-state index contributed by atoms with van der Waals surface area (Å²) in [5, 5.41) is 12.5. The van der Waals surface area contributed by atoms with E-state index in [4.69, 9.17) is 10.00 Å². The second-order valence-corrected chi connectivity index (χ2v) is 3.41. The number of nitrogens with one attached hydrogen (secondary N) is 1. The first-order valence-electron chi connectivity index (χ1n) is 5.69. The molecule has 0 aromatic heterocycles. The molecule has 94 valence electrons. The maximum Gasteiger partial charge on any atom is 0.354 e. The molecule has 0 saturated carbocycles. The Kier molecular flexibility index (Phi) is 5.98. The lowest BCUT2D eigenvalue weighted by Gasteiger charge is -2.05. The van der Waals surface area contributed by atoms with Crippen LogP contribution in [0.15, 0.2) is 35.4 Å². The molecule has 5 nitrogen and oxygen atoms in total. The van der Waals surface area contributed by atoms with Crippen molar-refractivity contribution < 1.29 is 9.53 Å². The summed E-state index contributed by atoms with van der Waals surface area (Å²) in [7, 11) is 0. The fraction of sp³-hybridized carbons (Fsp3) is 0.308. The number of rotatable bonds is 6. The predicted molar refractivity (Wildman–Crippen MR) is 69.0 cm³/mol. The van der Waals surface area contributed by atoms with Crippen LogP contribution in [-0.2, 0) is 9.53 Å². The van der Waals surface area contributed by atoms with Crippen molar-refractivity contribution in [2.45, 2.75) is 19.8 Å². The van der Waals surface area contributed by atoms with E-state index >= 15 is 0 Å². The van der Waals surface area contributed by atoms with Crippen molar-refractivity contribution in [2.24, 2.45) is 5.10 Å². The van der Waals surface area contributed by atoms with Crippen molar-refractivity contribution in [1.82, 2.24) is 0 Å². The number of hydrogen-bond donors (Lipinski definition) is 1. The highest BCUT2D eigenvalue weighted by atomic mass is 16.5. The molecule has 0 aliphatic carbocycles. The van der Waals surface area contributed by atoms with E-state index in [1.54, 1.807) is 6.92 Å². The summed E-state index contributed by atoms with van der Waals surface area (Å²) in [5.41, 5.74) is 3.77. The van der Waals surface area contributed by atoms with Gasteiger partial charge in [-0.1, -0.05) is 18.2 Å². The molecular formula is C13H15N3O2. The molecule has 1 N–H and O–H groups in total. The SMILES string of the molecule is CCOC(=O)/C(CCC#N)=N\Nc1ccccc1. The third-order valence-corrected chi connectivity index (χ3v) is 2.08. The van der Waals surface area contributed by atoms with E-state index < -0.39 is 5.97 Å². The van der Waals surface area contributed by atoms with Crippen LogP contribution in [-0.4, -0.2) is 18.3 Å². The number of para-hydroxylation sites is 1. The van der Waals surface area contributed by atoms with Gasteiger partial charge in [-0.25, -0.2) is 4.79 Å². The Balaban J connectivity index is 2.70. The molecular weight excluding hydrogens is 230 g/mol. The van der Waals surface area contributed by atoms with Crippen molar-refractivity contribution in [3.05, 3.63) is 30.3 Å². The Hall–Kier alpha value is -2.35. The van der Waals surface area contributed by atoms with Crippen molar-refractivity contribution >= 4 is 17.4 Å². The van der Waals surface area contributed by atoms with E-state index in [0.717, 1.165) is 5.69 Å². The predicted octanol–water partition coefficient (Wildman–Crippen LogP) is 2.32. The third kappa shape index (κ3) is 4.66. The molecule has 0 aliphatic rings. The van der Waals surface area contributed by atoms with E-state index in [9.17, 15) is 4.79 Å². The molecule has 0 bridgehead atoms. The van der Waals surface area contributed by atoms with E-state index in [2.05, 4.69) is 10.5 Å². The van der Waals surface area contributed by atoms with Gasteiger partial charge in [-0.3, -0.25) is 5.43 Å². The molecule has 1 aromatic rings. The van der Waals surface area contributed by atoms with Gasteiger partial charge in [0.05, 0.1) is 18.4 Å². The number of nitrogens with zero attached hydrogens (tertiary/aromatic N) is 2. The van der Waals surface area contributed by atoms with Gasteiger partial charge in [-0.2, -0.15) is 10.4 Å². The summed E-state index contributed by atoms with van der Waals surface area (Å²) in [6, 6.07) is 11.2. The Labute approximate surface area is 106 Å². The van der Waals surface area contributed by atoms with Crippen LogP contribution in [0, 0.1) is 11.3 Å². The van der Waals surface area contributed by atoms with Gasteiger partial charge in [0.1, 0.15) is 5.71 Å². The van der Waals surface area contributed by atoms with Crippen LogP contribution in [0.25, 0.3) is 0 Å². The highest BCUT2D eigenvalue weighted by Gasteiger charge is 2.12. The van der Waals surface area contributed by atoms with Crippen LogP contribution in [0.2, 0.25) is 0 Å². The molecule has 0 amide bonds. The summed E-state index contributed by atoms with van der Waals surface area (Å²) in [4.78, 5) is 11.6. The molecule has 0 radical (unpaired) electrons. The standard InChI is InChI=1S/C13H15N3O2/c1-2-18-13(17)12(9-6-10-14)16-15-11-7-4-3-5-8-11/h3-5,7-8,15H,2,6,9H2,1H3/b16-12-. The van der Waals surface area contributed by atoms with Crippen molar-refractivity contribution in [3.8, 4) is 6.07 Å². The lowest BCUT2D eigenvalue weighted by molar-refractivity contribution is -0.135. The molecule has 0 aliphatic heterocycles. The van der Waals surface area contributed by atoms with Crippen LogP contribution >= 0.6 is 0 Å². The second-order valence-electron chi connectivity index (χ2n) is 3.41. The van der Waals surface area contributed by atoms with Gasteiger partial charge in [0, 0.05) is 12.8 Å². The molecule has 1 aromatic carbocycles. The van der Waals surface area contributed by atoms with Crippen LogP contribution in [0.3, 0.4) is 0 Å². The first-order chi connectivity index (χ1) is 8.77. The largest absolute Gasteiger partial charge is 0.461 e. The molecule has 5 heteroatoms. The molecule has 0 heterocycles. The van der Waals surface area contributed by atoms with Crippen LogP contribution in [0.1, 0.15) is 19.8 Å². The van der Waals surface area contributed by atoms with Gasteiger partial charge in [0.25, 0.3) is 0 Å². The van der Waals surface area contributed by atoms with Crippen LogP contribution in [0.5, 0.6) is 0 Å². The van der Waals surface area contributed by atoms with E-state index in [0.29, 0.717) is 0 Å². The number of hydrogen-bond acceptors (Lipinski definition) is 5. The zero-order valence-electron chi connectivity index (χ0n) is 10.2. The number of carbonyl (C=O) groups excluding carboxylic acids is 1. The molecule has 18 heavy (non-hydrogen) atoms. The summed E-state index contributed by atoms with van der Waals surface area (Å²) in [6.45, 7) is 2.01. The fourth-order valence-electron chi connectivity index (χ4n) is 1.24. The van der Waals surface area contributed by atoms with Gasteiger partial charge in [-0.15, -0.1) is 0 Å². The van der Waals surface area contributed by atoms with Crippen molar-refractivity contribution in [1.29, 1.82) is 5.26 Å². The lowest BCUT2D eigenvalue weighted by atomic mass is 10.2. The van der Waals surface area contributed by atoms with Gasteiger partial charge in [0.15, 0.2) is 0 Å². The number of anilines is 1. The minimum atomic E-state index is -0.490. The highest BCUT2D eigenvalue weighted by molar-refractivity contribution is 6.36. The summed E-state index contributed by atoms with van der Waals surface area (Å²) in [6.07, 6.45) is 0.503. The number of ether oxygens (including phenoxy) is 1. The average molecular weight is 245 g/mol. The van der Waals surface area contributed by atoms with Crippen LogP contribution < -0.4 is 5.43 Å². The summed E-state index contributed by atoms with van der Waals surface area (Å²) < 4.78 is 4.87. The van der Waals surface area contributed by atoms with Crippen LogP contribution in [0.4, 0.5) is 5.69 Å². The number of nitriles is 1. The van der Waals surface area contributed by atoms with E-state index in [1.807, 2.05) is 36.4 Å². The first-order valence-corrected chi connectivity index (χ1v) is 5.69. The Morgan fingerprint density at radius 2 is 2.17 bits per heavy atom. The second kappa shape index (κ2) is 7.85. The highest BCUT2D eigenvalue weighted by Crippen LogP contribution is 2.05. The first kappa shape index (κ1) is 13.7. The monoisotopic (exact) mass is 245 g/mol. The molecule has 0 atom stereocenters. The number of carbonyl (C=O) groups is 1. The van der Waals surface area contributed by atoms with Crippen molar-refractivity contribution in [3.63, 3.8) is 0 Å². The Bertz CT molecular complexity index is 449. The number of hydrazone groups is 1. The van der Waals surface area contributed by atoms with E-state index in [1.165, 1.54) is 0 Å². The zero-order chi connectivity index (χ0) is 13.2. The molecule has 0 fully saturated rings. The molecule has 1 rings (SSSR count). The molecule has 0 spiro atoms.